The maximum absolute atomic E-state index is 12.1. The minimum Gasteiger partial charge on any atom is -0.366 e. The zero-order chi connectivity index (χ0) is 20.8. The molecule has 2 N–H and O–H groups in total. The summed E-state index contributed by atoms with van der Waals surface area (Å²) >= 11 is 14.2. The third kappa shape index (κ3) is 3.18. The first-order valence-electron chi connectivity index (χ1n) is 9.35. The van der Waals surface area contributed by atoms with E-state index < -0.39 is 5.91 Å². The highest BCUT2D eigenvalue weighted by Crippen LogP contribution is 2.37. The molecule has 0 atom stereocenters. The van der Waals surface area contributed by atoms with Gasteiger partial charge in [-0.1, -0.05) is 53.5 Å². The first-order valence-corrected chi connectivity index (χ1v) is 11.0. The van der Waals surface area contributed by atoms with Crippen LogP contribution in [0.2, 0.25) is 10.0 Å². The van der Waals surface area contributed by atoms with E-state index >= 15 is 0 Å². The monoisotopic (exact) mass is 450 g/mol. The van der Waals surface area contributed by atoms with Gasteiger partial charge in [0.1, 0.15) is 0 Å². The molecule has 3 aromatic carbocycles. The second kappa shape index (κ2) is 7.47. The fraction of sp³-hybridized carbons (Fsp3) is 0.0417. The van der Waals surface area contributed by atoms with Crippen molar-refractivity contribution in [2.45, 2.75) is 6.54 Å². The fourth-order valence-electron chi connectivity index (χ4n) is 3.97. The quantitative estimate of drug-likeness (QED) is 0.315. The van der Waals surface area contributed by atoms with Crippen molar-refractivity contribution in [2.24, 2.45) is 5.73 Å². The average Bonchev–Trinajstić information content (AvgIpc) is 3.34. The molecular formula is C24H16Cl2N2OS. The number of primary amides is 1. The Bertz CT molecular complexity index is 1420. The molecule has 0 aliphatic rings. The molecule has 5 rings (SSSR count). The number of amides is 1. The number of rotatable bonds is 4. The summed E-state index contributed by atoms with van der Waals surface area (Å²) in [6, 6.07) is 21.5. The van der Waals surface area contributed by atoms with Crippen molar-refractivity contribution in [3.63, 3.8) is 0 Å². The molecule has 0 spiro atoms. The van der Waals surface area contributed by atoms with Gasteiger partial charge in [-0.3, -0.25) is 4.79 Å². The van der Waals surface area contributed by atoms with E-state index in [9.17, 15) is 4.79 Å². The Hall–Kier alpha value is -2.79. The molecule has 0 saturated carbocycles. The van der Waals surface area contributed by atoms with Gasteiger partial charge in [-0.25, -0.2) is 0 Å². The molecule has 0 saturated heterocycles. The highest BCUT2D eigenvalue weighted by Gasteiger charge is 2.18. The third-order valence-electron chi connectivity index (χ3n) is 5.29. The topological polar surface area (TPSA) is 48.0 Å². The van der Waals surface area contributed by atoms with Crippen molar-refractivity contribution in [2.75, 3.05) is 0 Å². The number of benzene rings is 3. The summed E-state index contributed by atoms with van der Waals surface area (Å²) in [4.78, 5) is 13.4. The molecule has 2 aromatic heterocycles. The molecule has 0 radical (unpaired) electrons. The molecule has 0 bridgehead atoms. The van der Waals surface area contributed by atoms with Gasteiger partial charge >= 0.3 is 0 Å². The lowest BCUT2D eigenvalue weighted by atomic mass is 10.0. The number of nitrogens with zero attached hydrogens (tertiary/aromatic N) is 1. The molecule has 1 amide bonds. The number of thiophene rings is 1. The van der Waals surface area contributed by atoms with Crippen LogP contribution in [0.5, 0.6) is 0 Å². The minimum absolute atomic E-state index is 0.430. The molecule has 6 heteroatoms. The number of carbonyl (C=O) groups excluding carboxylic acids is 1. The van der Waals surface area contributed by atoms with Gasteiger partial charge < -0.3 is 10.3 Å². The molecule has 0 aliphatic carbocycles. The van der Waals surface area contributed by atoms with Crippen molar-refractivity contribution in [3.8, 4) is 11.1 Å². The van der Waals surface area contributed by atoms with Gasteiger partial charge in [0.05, 0.1) is 17.6 Å². The Balaban J connectivity index is 1.82. The summed E-state index contributed by atoms with van der Waals surface area (Å²) in [7, 11) is 0. The molecule has 2 heterocycles. The van der Waals surface area contributed by atoms with Gasteiger partial charge in [-0.15, -0.1) is 11.3 Å². The number of halogens is 2. The van der Waals surface area contributed by atoms with E-state index in [1.807, 2.05) is 42.5 Å². The number of aromatic nitrogens is 1. The first-order chi connectivity index (χ1) is 14.5. The number of nitrogens with two attached hydrogens (primary N) is 1. The molecule has 3 nitrogen and oxygen atoms in total. The zero-order valence-corrected chi connectivity index (χ0v) is 18.1. The van der Waals surface area contributed by atoms with E-state index in [-0.39, 0.29) is 0 Å². The van der Waals surface area contributed by atoms with Crippen LogP contribution in [0.25, 0.3) is 32.9 Å². The predicted molar refractivity (Wildman–Crippen MR) is 127 cm³/mol. The lowest BCUT2D eigenvalue weighted by Gasteiger charge is -2.09. The molecule has 5 aromatic rings. The van der Waals surface area contributed by atoms with Crippen LogP contribution in [0.4, 0.5) is 0 Å². The van der Waals surface area contributed by atoms with Crippen LogP contribution < -0.4 is 5.73 Å². The summed E-state index contributed by atoms with van der Waals surface area (Å²) in [5.41, 5.74) is 10.1. The van der Waals surface area contributed by atoms with Crippen LogP contribution in [0.1, 0.15) is 15.2 Å². The Labute approximate surface area is 187 Å². The van der Waals surface area contributed by atoms with E-state index in [2.05, 4.69) is 22.1 Å². The van der Waals surface area contributed by atoms with Gasteiger partial charge in [0.15, 0.2) is 0 Å². The molecule has 0 unspecified atom stereocenters. The van der Waals surface area contributed by atoms with Crippen molar-refractivity contribution >= 4 is 62.3 Å². The molecule has 148 valence electrons. The third-order valence-corrected chi connectivity index (χ3v) is 6.70. The van der Waals surface area contributed by atoms with Gasteiger partial charge in [0, 0.05) is 36.8 Å². The maximum Gasteiger partial charge on any atom is 0.249 e. The second-order valence-electron chi connectivity index (χ2n) is 7.09. The smallest absolute Gasteiger partial charge is 0.249 e. The number of hydrogen-bond donors (Lipinski definition) is 1. The van der Waals surface area contributed by atoms with E-state index in [0.29, 0.717) is 22.2 Å². The summed E-state index contributed by atoms with van der Waals surface area (Å²) in [6.45, 7) is 0.706. The van der Waals surface area contributed by atoms with Crippen LogP contribution >= 0.6 is 34.5 Å². The number of hydrogen-bond acceptors (Lipinski definition) is 2. The van der Waals surface area contributed by atoms with Crippen molar-refractivity contribution < 1.29 is 4.79 Å². The number of carbonyl (C=O) groups is 1. The Morgan fingerprint density at radius 1 is 0.967 bits per heavy atom. The van der Waals surface area contributed by atoms with Gasteiger partial charge in [0.2, 0.25) is 5.91 Å². The summed E-state index contributed by atoms with van der Waals surface area (Å²) in [6.07, 6.45) is 0. The standard InChI is InChI=1S/C24H16Cl2N2OS/c25-15-7-9-17(20(26)12-15)14-6-8-18-22(11-14)28(13-16-3-2-10-30-16)21-5-1-4-19(23(18)21)24(27)29/h1-12H,13H2,(H2,27,29). The first kappa shape index (κ1) is 19.2. The molecule has 0 aliphatic heterocycles. The maximum atomic E-state index is 12.1. The van der Waals surface area contributed by atoms with Crippen LogP contribution in [0.15, 0.2) is 72.1 Å². The van der Waals surface area contributed by atoms with Crippen molar-refractivity contribution in [1.82, 2.24) is 4.57 Å². The van der Waals surface area contributed by atoms with Crippen molar-refractivity contribution in [3.05, 3.63) is 92.6 Å². The molecule has 30 heavy (non-hydrogen) atoms. The normalized spacial score (nSPS) is 11.4. The predicted octanol–water partition coefficient (Wildman–Crippen LogP) is 6.98. The van der Waals surface area contributed by atoms with Gasteiger partial charge in [-0.2, -0.15) is 0 Å². The Kier molecular flexibility index (Phi) is 4.78. The highest BCUT2D eigenvalue weighted by molar-refractivity contribution is 7.09. The SMILES string of the molecule is NC(=O)c1cccc2c1c1ccc(-c3ccc(Cl)cc3Cl)cc1n2Cc1cccs1. The molecule has 0 fully saturated rings. The Morgan fingerprint density at radius 2 is 1.83 bits per heavy atom. The van der Waals surface area contributed by atoms with Crippen molar-refractivity contribution in [1.29, 1.82) is 0 Å². The molecular weight excluding hydrogens is 435 g/mol. The summed E-state index contributed by atoms with van der Waals surface area (Å²) in [5, 5.41) is 5.13. The van der Waals surface area contributed by atoms with Crippen LogP contribution in [-0.2, 0) is 6.54 Å². The lowest BCUT2D eigenvalue weighted by Crippen LogP contribution is -2.11. The van der Waals surface area contributed by atoms with Crippen LogP contribution in [0, 0.1) is 0 Å². The van der Waals surface area contributed by atoms with E-state index in [0.717, 1.165) is 32.9 Å². The van der Waals surface area contributed by atoms with Gasteiger partial charge in [-0.05, 0) is 47.3 Å². The average molecular weight is 451 g/mol. The van der Waals surface area contributed by atoms with Gasteiger partial charge in [0.25, 0.3) is 0 Å². The Morgan fingerprint density at radius 3 is 2.57 bits per heavy atom. The highest BCUT2D eigenvalue weighted by atomic mass is 35.5. The lowest BCUT2D eigenvalue weighted by molar-refractivity contribution is 0.100. The largest absolute Gasteiger partial charge is 0.366 e. The van der Waals surface area contributed by atoms with Crippen LogP contribution in [0.3, 0.4) is 0 Å². The van der Waals surface area contributed by atoms with Crippen LogP contribution in [-0.4, -0.2) is 10.5 Å². The number of fused-ring (bicyclic) bond motifs is 3. The van der Waals surface area contributed by atoms with E-state index in [1.165, 1.54) is 4.88 Å². The van der Waals surface area contributed by atoms with E-state index in [1.54, 1.807) is 23.5 Å². The summed E-state index contributed by atoms with van der Waals surface area (Å²) in [5.74, 6) is -0.430. The van der Waals surface area contributed by atoms with E-state index in [4.69, 9.17) is 28.9 Å². The summed E-state index contributed by atoms with van der Waals surface area (Å²) < 4.78 is 2.23. The fourth-order valence-corrected chi connectivity index (χ4v) is 5.18. The zero-order valence-electron chi connectivity index (χ0n) is 15.7. The minimum atomic E-state index is -0.430. The second-order valence-corrected chi connectivity index (χ2v) is 8.96.